The molecule has 0 radical (unpaired) electrons. The second kappa shape index (κ2) is 15.7. The lowest BCUT2D eigenvalue weighted by molar-refractivity contribution is 0.0196. The van der Waals surface area contributed by atoms with E-state index in [9.17, 15) is 10.2 Å². The van der Waals surface area contributed by atoms with Gasteiger partial charge in [0.05, 0.1) is 13.2 Å². The van der Waals surface area contributed by atoms with Crippen LogP contribution in [0.4, 0.5) is 0 Å². The van der Waals surface area contributed by atoms with E-state index in [0.29, 0.717) is 26.3 Å². The molecule has 2 rings (SSSR count). The van der Waals surface area contributed by atoms with E-state index in [4.69, 9.17) is 18.9 Å². The van der Waals surface area contributed by atoms with Crippen LogP contribution < -0.4 is 9.47 Å². The van der Waals surface area contributed by atoms with Crippen LogP contribution in [0.5, 0.6) is 11.5 Å². The van der Waals surface area contributed by atoms with Crippen LogP contribution in [0, 0.1) is 0 Å². The predicted octanol–water partition coefficient (Wildman–Crippen LogP) is 2.95. The van der Waals surface area contributed by atoms with Gasteiger partial charge >= 0.3 is 0 Å². The summed E-state index contributed by atoms with van der Waals surface area (Å²) in [5.41, 5.74) is 2.36. The third kappa shape index (κ3) is 10.8. The van der Waals surface area contributed by atoms with Gasteiger partial charge < -0.3 is 29.2 Å². The first-order valence-corrected chi connectivity index (χ1v) is 11.9. The average molecular weight is 476 g/mol. The molecule has 2 atom stereocenters. The highest BCUT2D eigenvalue weighted by Gasteiger charge is 2.19. The summed E-state index contributed by atoms with van der Waals surface area (Å²) in [4.78, 5) is 2.03. The van der Waals surface area contributed by atoms with Gasteiger partial charge in [0, 0.05) is 33.4 Å². The Labute approximate surface area is 204 Å². The number of hydrogen-bond acceptors (Lipinski definition) is 7. The van der Waals surface area contributed by atoms with Crippen molar-refractivity contribution in [1.29, 1.82) is 0 Å². The van der Waals surface area contributed by atoms with Crippen molar-refractivity contribution in [3.05, 3.63) is 59.7 Å². The van der Waals surface area contributed by atoms with Gasteiger partial charge in [0.2, 0.25) is 0 Å². The fourth-order valence-electron chi connectivity index (χ4n) is 3.47. The van der Waals surface area contributed by atoms with Crippen molar-refractivity contribution in [2.75, 3.05) is 53.7 Å². The summed E-state index contributed by atoms with van der Waals surface area (Å²) >= 11 is 0. The number of benzene rings is 2. The maximum atomic E-state index is 10.5. The van der Waals surface area contributed by atoms with E-state index < -0.39 is 12.2 Å². The summed E-state index contributed by atoms with van der Waals surface area (Å²) in [7, 11) is 3.38. The lowest BCUT2D eigenvalue weighted by atomic mass is 10.1. The molecule has 0 amide bonds. The van der Waals surface area contributed by atoms with Gasteiger partial charge in [-0.15, -0.1) is 0 Å². The van der Waals surface area contributed by atoms with Crippen LogP contribution >= 0.6 is 0 Å². The number of rotatable bonds is 17. The van der Waals surface area contributed by atoms with E-state index in [1.165, 1.54) is 11.1 Å². The molecule has 2 N–H and O–H groups in total. The Bertz CT molecular complexity index is 717. The zero-order chi connectivity index (χ0) is 24.8. The van der Waals surface area contributed by atoms with Crippen LogP contribution in [0.3, 0.4) is 0 Å². The summed E-state index contributed by atoms with van der Waals surface area (Å²) in [6.07, 6.45) is 0.356. The molecule has 7 nitrogen and oxygen atoms in total. The van der Waals surface area contributed by atoms with Crippen molar-refractivity contribution < 1.29 is 29.2 Å². The molecular formula is C27H41NO6. The molecule has 0 unspecified atom stereocenters. The highest BCUT2D eigenvalue weighted by Crippen LogP contribution is 2.15. The number of ether oxygens (including phenoxy) is 4. The SMILES string of the molecule is COCCc1ccc(OC[C@@H](O)CN(C[C@H](O)COc2ccc(CCOC)cc2)C(C)C)cc1. The minimum absolute atomic E-state index is 0.157. The highest BCUT2D eigenvalue weighted by molar-refractivity contribution is 5.28. The Morgan fingerprint density at radius 2 is 1.06 bits per heavy atom. The zero-order valence-electron chi connectivity index (χ0n) is 21.0. The lowest BCUT2D eigenvalue weighted by Crippen LogP contribution is -2.45. The molecule has 0 spiro atoms. The third-order valence-corrected chi connectivity index (χ3v) is 5.54. The minimum atomic E-state index is -0.677. The summed E-state index contributed by atoms with van der Waals surface area (Å²) in [6.45, 7) is 6.61. The van der Waals surface area contributed by atoms with E-state index in [2.05, 4.69) is 0 Å². The van der Waals surface area contributed by atoms with Crippen LogP contribution in [0.15, 0.2) is 48.5 Å². The predicted molar refractivity (Wildman–Crippen MR) is 134 cm³/mol. The molecule has 7 heteroatoms. The van der Waals surface area contributed by atoms with Gasteiger partial charge in [0.15, 0.2) is 0 Å². The molecule has 0 saturated carbocycles. The lowest BCUT2D eigenvalue weighted by Gasteiger charge is -2.30. The molecule has 0 aliphatic rings. The quantitative estimate of drug-likeness (QED) is 0.364. The van der Waals surface area contributed by atoms with Crippen molar-refractivity contribution in [3.8, 4) is 11.5 Å². The number of nitrogens with zero attached hydrogens (tertiary/aromatic N) is 1. The summed E-state index contributed by atoms with van der Waals surface area (Å²) in [6, 6.07) is 15.8. The maximum Gasteiger partial charge on any atom is 0.119 e. The normalized spacial score (nSPS) is 13.3. The van der Waals surface area contributed by atoms with Gasteiger partial charge in [-0.2, -0.15) is 0 Å². The molecule has 190 valence electrons. The largest absolute Gasteiger partial charge is 0.491 e. The molecule has 0 aromatic heterocycles. The van der Waals surface area contributed by atoms with E-state index in [1.807, 2.05) is 67.3 Å². The van der Waals surface area contributed by atoms with Gasteiger partial charge in [0.25, 0.3) is 0 Å². The maximum absolute atomic E-state index is 10.5. The summed E-state index contributed by atoms with van der Waals surface area (Å²) in [5.74, 6) is 1.44. The number of aliphatic hydroxyl groups excluding tert-OH is 2. The molecule has 0 fully saturated rings. The summed E-state index contributed by atoms with van der Waals surface area (Å²) < 4.78 is 21.7. The van der Waals surface area contributed by atoms with Crippen LogP contribution in [0.1, 0.15) is 25.0 Å². The van der Waals surface area contributed by atoms with Crippen LogP contribution in [0.2, 0.25) is 0 Å². The Morgan fingerprint density at radius 1 is 0.676 bits per heavy atom. The molecule has 0 saturated heterocycles. The van der Waals surface area contributed by atoms with Crippen molar-refractivity contribution in [2.24, 2.45) is 0 Å². The monoisotopic (exact) mass is 475 g/mol. The second-order valence-electron chi connectivity index (χ2n) is 8.75. The van der Waals surface area contributed by atoms with Crippen molar-refractivity contribution in [1.82, 2.24) is 4.90 Å². The Kier molecular flexibility index (Phi) is 13.0. The third-order valence-electron chi connectivity index (χ3n) is 5.54. The number of hydrogen-bond donors (Lipinski definition) is 2. The Balaban J connectivity index is 1.74. The topological polar surface area (TPSA) is 80.6 Å². The molecule has 0 aliphatic heterocycles. The van der Waals surface area contributed by atoms with Gasteiger partial charge in [-0.1, -0.05) is 24.3 Å². The fourth-order valence-corrected chi connectivity index (χ4v) is 3.47. The van der Waals surface area contributed by atoms with Crippen molar-refractivity contribution in [2.45, 2.75) is 44.9 Å². The van der Waals surface area contributed by atoms with Gasteiger partial charge in [-0.25, -0.2) is 0 Å². The number of aliphatic hydroxyl groups is 2. The van der Waals surface area contributed by atoms with E-state index in [1.54, 1.807) is 14.2 Å². The van der Waals surface area contributed by atoms with E-state index in [-0.39, 0.29) is 19.3 Å². The van der Waals surface area contributed by atoms with Crippen LogP contribution in [-0.4, -0.2) is 87.1 Å². The average Bonchev–Trinajstić information content (AvgIpc) is 2.84. The highest BCUT2D eigenvalue weighted by atomic mass is 16.5. The summed E-state index contributed by atoms with van der Waals surface area (Å²) in [5, 5.41) is 21.0. The van der Waals surface area contributed by atoms with E-state index in [0.717, 1.165) is 24.3 Å². The van der Waals surface area contributed by atoms with Gasteiger partial charge in [-0.05, 0) is 62.1 Å². The first kappa shape index (κ1) is 28.1. The van der Waals surface area contributed by atoms with Crippen molar-refractivity contribution >= 4 is 0 Å². The molecule has 0 heterocycles. The molecular weight excluding hydrogens is 434 g/mol. The molecule has 2 aromatic carbocycles. The standard InChI is InChI=1S/C27H41NO6/c1-21(2)28(17-24(29)19-33-26-9-5-22(6-10-26)13-15-31-3)18-25(30)20-34-27-11-7-23(8-12-27)14-16-32-4/h5-12,21,24-25,29-30H,13-20H2,1-4H3/t24-,25-/m0/s1. The van der Waals surface area contributed by atoms with Crippen LogP contribution in [0.25, 0.3) is 0 Å². The van der Waals surface area contributed by atoms with Crippen LogP contribution in [-0.2, 0) is 22.3 Å². The van der Waals surface area contributed by atoms with Gasteiger partial charge in [0.1, 0.15) is 36.9 Å². The van der Waals surface area contributed by atoms with Crippen molar-refractivity contribution in [3.63, 3.8) is 0 Å². The molecule has 34 heavy (non-hydrogen) atoms. The van der Waals surface area contributed by atoms with E-state index >= 15 is 0 Å². The fraction of sp³-hybridized carbons (Fsp3) is 0.556. The second-order valence-corrected chi connectivity index (χ2v) is 8.75. The Hall–Kier alpha value is -2.16. The Morgan fingerprint density at radius 3 is 1.38 bits per heavy atom. The first-order chi connectivity index (χ1) is 16.4. The molecule has 0 aliphatic carbocycles. The molecule has 0 bridgehead atoms. The minimum Gasteiger partial charge on any atom is -0.491 e. The zero-order valence-corrected chi connectivity index (χ0v) is 21.0. The van der Waals surface area contributed by atoms with Gasteiger partial charge in [-0.3, -0.25) is 4.90 Å². The first-order valence-electron chi connectivity index (χ1n) is 11.9. The number of methoxy groups -OCH3 is 2. The smallest absolute Gasteiger partial charge is 0.119 e. The molecule has 2 aromatic rings.